The molecule has 1 rings (SSSR count). The maximum absolute atomic E-state index is 10.6. The van der Waals surface area contributed by atoms with Crippen LogP contribution in [0, 0.1) is 0 Å². The molecule has 13 heavy (non-hydrogen) atoms. The Kier molecular flexibility index (Phi) is 3.39. The summed E-state index contributed by atoms with van der Waals surface area (Å²) in [6.45, 7) is 0. The maximum atomic E-state index is 10.6. The summed E-state index contributed by atoms with van der Waals surface area (Å²) in [6.07, 6.45) is 3.40. The molecule has 5 heteroatoms. The molecular formula is C8H10BrN3O. The van der Waals surface area contributed by atoms with Gasteiger partial charge in [-0.25, -0.2) is 0 Å². The minimum absolute atomic E-state index is 0.141. The zero-order chi connectivity index (χ0) is 9.84. The van der Waals surface area contributed by atoms with Gasteiger partial charge in [-0.15, -0.1) is 0 Å². The quantitative estimate of drug-likeness (QED) is 0.821. The van der Waals surface area contributed by atoms with Gasteiger partial charge < -0.3 is 11.5 Å². The van der Waals surface area contributed by atoms with Gasteiger partial charge >= 0.3 is 0 Å². The second-order valence-corrected chi connectivity index (χ2v) is 3.53. The molecule has 1 unspecified atom stereocenters. The molecule has 0 aliphatic rings. The zero-order valence-corrected chi connectivity index (χ0v) is 8.49. The first-order valence-electron chi connectivity index (χ1n) is 3.74. The van der Waals surface area contributed by atoms with Crippen molar-refractivity contribution in [3.8, 4) is 0 Å². The minimum atomic E-state index is -0.406. The number of carbonyl (C=O) groups excluding carboxylic acids is 1. The average molecular weight is 244 g/mol. The van der Waals surface area contributed by atoms with Crippen LogP contribution in [0.15, 0.2) is 22.9 Å². The van der Waals surface area contributed by atoms with Crippen LogP contribution in [-0.4, -0.2) is 10.9 Å². The van der Waals surface area contributed by atoms with Crippen LogP contribution in [-0.2, 0) is 4.79 Å². The topological polar surface area (TPSA) is 82.0 Å². The smallest absolute Gasteiger partial charge is 0.219 e. The van der Waals surface area contributed by atoms with Gasteiger partial charge in [0.1, 0.15) is 0 Å². The average Bonchev–Trinajstić information content (AvgIpc) is 2.03. The first kappa shape index (κ1) is 10.1. The first-order valence-corrected chi connectivity index (χ1v) is 4.54. The van der Waals surface area contributed by atoms with Gasteiger partial charge in [-0.05, 0) is 27.6 Å². The third-order valence-electron chi connectivity index (χ3n) is 1.62. The summed E-state index contributed by atoms with van der Waals surface area (Å²) in [5.74, 6) is -0.406. The number of halogens is 1. The number of nitrogens with two attached hydrogens (primary N) is 2. The van der Waals surface area contributed by atoms with Crippen LogP contribution in [0.25, 0.3) is 0 Å². The lowest BCUT2D eigenvalue weighted by Gasteiger charge is -2.10. The molecule has 1 aromatic heterocycles. The van der Waals surface area contributed by atoms with Crippen molar-refractivity contribution < 1.29 is 4.79 Å². The molecule has 0 radical (unpaired) electrons. The molecule has 0 aromatic carbocycles. The fraction of sp³-hybridized carbons (Fsp3) is 0.250. The Balaban J connectivity index is 2.82. The van der Waals surface area contributed by atoms with E-state index in [9.17, 15) is 4.79 Å². The third kappa shape index (κ3) is 2.78. The molecule has 4 nitrogen and oxygen atoms in total. The van der Waals surface area contributed by atoms with Crippen molar-refractivity contribution in [3.63, 3.8) is 0 Å². The molecular weight excluding hydrogens is 234 g/mol. The van der Waals surface area contributed by atoms with Crippen molar-refractivity contribution in [2.24, 2.45) is 11.5 Å². The Hall–Kier alpha value is -0.940. The predicted molar refractivity (Wildman–Crippen MR) is 52.7 cm³/mol. The summed E-state index contributed by atoms with van der Waals surface area (Å²) in [5.41, 5.74) is 11.6. The Morgan fingerprint density at radius 3 is 2.92 bits per heavy atom. The van der Waals surface area contributed by atoms with Crippen molar-refractivity contribution in [3.05, 3.63) is 28.5 Å². The van der Waals surface area contributed by atoms with E-state index in [0.29, 0.717) is 0 Å². The second-order valence-electron chi connectivity index (χ2n) is 2.67. The fourth-order valence-corrected chi connectivity index (χ4v) is 1.56. The van der Waals surface area contributed by atoms with E-state index in [2.05, 4.69) is 20.9 Å². The summed E-state index contributed by atoms with van der Waals surface area (Å²) in [6, 6.07) is 1.40. The van der Waals surface area contributed by atoms with Crippen molar-refractivity contribution in [1.82, 2.24) is 4.98 Å². The number of nitrogens with zero attached hydrogens (tertiary/aromatic N) is 1. The second kappa shape index (κ2) is 4.34. The van der Waals surface area contributed by atoms with Crippen LogP contribution in [0.5, 0.6) is 0 Å². The molecule has 70 valence electrons. The van der Waals surface area contributed by atoms with E-state index in [4.69, 9.17) is 11.5 Å². The number of hydrogen-bond acceptors (Lipinski definition) is 3. The van der Waals surface area contributed by atoms with Gasteiger partial charge in [0.2, 0.25) is 5.91 Å². The normalized spacial score (nSPS) is 12.5. The number of aromatic nitrogens is 1. The van der Waals surface area contributed by atoms with Gasteiger partial charge in [-0.1, -0.05) is 0 Å². The summed E-state index contributed by atoms with van der Waals surface area (Å²) in [5, 5.41) is 0. The van der Waals surface area contributed by atoms with Gasteiger partial charge in [0.15, 0.2) is 0 Å². The highest BCUT2D eigenvalue weighted by Crippen LogP contribution is 2.22. The van der Waals surface area contributed by atoms with Gasteiger partial charge in [0, 0.05) is 29.3 Å². The molecule has 1 atom stereocenters. The van der Waals surface area contributed by atoms with E-state index < -0.39 is 5.91 Å². The van der Waals surface area contributed by atoms with Gasteiger partial charge in [0.05, 0.1) is 0 Å². The molecule has 0 saturated carbocycles. The van der Waals surface area contributed by atoms with Gasteiger partial charge in [-0.3, -0.25) is 9.78 Å². The van der Waals surface area contributed by atoms with E-state index in [0.717, 1.165) is 10.0 Å². The maximum Gasteiger partial charge on any atom is 0.219 e. The van der Waals surface area contributed by atoms with E-state index in [1.54, 1.807) is 18.5 Å². The predicted octanol–water partition coefficient (Wildman–Crippen LogP) is 0.719. The van der Waals surface area contributed by atoms with Crippen LogP contribution in [0.4, 0.5) is 0 Å². The van der Waals surface area contributed by atoms with E-state index in [1.807, 2.05) is 0 Å². The van der Waals surface area contributed by atoms with E-state index in [-0.39, 0.29) is 12.5 Å². The van der Waals surface area contributed by atoms with Crippen LogP contribution in [0.3, 0.4) is 0 Å². The SMILES string of the molecule is NC(=O)CC(N)c1ccncc1Br. The molecule has 0 fully saturated rings. The number of rotatable bonds is 3. The Labute approximate surface area is 84.5 Å². The van der Waals surface area contributed by atoms with Crippen molar-refractivity contribution in [2.75, 3.05) is 0 Å². The number of primary amides is 1. The highest BCUT2D eigenvalue weighted by atomic mass is 79.9. The summed E-state index contributed by atoms with van der Waals surface area (Å²) >= 11 is 3.29. The first-order chi connectivity index (χ1) is 6.11. The van der Waals surface area contributed by atoms with Crippen LogP contribution >= 0.6 is 15.9 Å². The third-order valence-corrected chi connectivity index (χ3v) is 2.29. The number of hydrogen-bond donors (Lipinski definition) is 2. The van der Waals surface area contributed by atoms with Crippen molar-refractivity contribution in [2.45, 2.75) is 12.5 Å². The highest BCUT2D eigenvalue weighted by Gasteiger charge is 2.11. The van der Waals surface area contributed by atoms with Gasteiger partial charge in [0.25, 0.3) is 0 Å². The van der Waals surface area contributed by atoms with E-state index in [1.165, 1.54) is 0 Å². The summed E-state index contributed by atoms with van der Waals surface area (Å²) in [4.78, 5) is 14.5. The van der Waals surface area contributed by atoms with Crippen LogP contribution in [0.1, 0.15) is 18.0 Å². The molecule has 0 aliphatic heterocycles. The van der Waals surface area contributed by atoms with Crippen molar-refractivity contribution in [1.29, 1.82) is 0 Å². The monoisotopic (exact) mass is 243 g/mol. The number of pyridine rings is 1. The molecule has 0 aliphatic carbocycles. The summed E-state index contributed by atoms with van der Waals surface area (Å²) < 4.78 is 0.795. The summed E-state index contributed by atoms with van der Waals surface area (Å²) in [7, 11) is 0. The molecule has 0 spiro atoms. The Bertz CT molecular complexity index is 316. The Morgan fingerprint density at radius 1 is 1.69 bits per heavy atom. The zero-order valence-electron chi connectivity index (χ0n) is 6.90. The number of amides is 1. The molecule has 4 N–H and O–H groups in total. The molecule has 1 amide bonds. The van der Waals surface area contributed by atoms with Crippen molar-refractivity contribution >= 4 is 21.8 Å². The lowest BCUT2D eigenvalue weighted by molar-refractivity contribution is -0.118. The molecule has 0 saturated heterocycles. The lowest BCUT2D eigenvalue weighted by atomic mass is 10.1. The molecule has 0 bridgehead atoms. The number of carbonyl (C=O) groups is 1. The van der Waals surface area contributed by atoms with Crippen LogP contribution in [0.2, 0.25) is 0 Å². The Morgan fingerprint density at radius 2 is 2.38 bits per heavy atom. The minimum Gasteiger partial charge on any atom is -0.370 e. The largest absolute Gasteiger partial charge is 0.370 e. The lowest BCUT2D eigenvalue weighted by Crippen LogP contribution is -2.20. The van der Waals surface area contributed by atoms with Crippen LogP contribution < -0.4 is 11.5 Å². The molecule has 1 aromatic rings. The molecule has 1 heterocycles. The van der Waals surface area contributed by atoms with E-state index >= 15 is 0 Å². The fourth-order valence-electron chi connectivity index (χ4n) is 1.01. The van der Waals surface area contributed by atoms with Gasteiger partial charge in [-0.2, -0.15) is 0 Å². The highest BCUT2D eigenvalue weighted by molar-refractivity contribution is 9.10. The standard InChI is InChI=1S/C8H10BrN3O/c9-6-4-12-2-1-5(6)7(10)3-8(11)13/h1-2,4,7H,3,10H2,(H2,11,13).